The van der Waals surface area contributed by atoms with Crippen molar-refractivity contribution in [2.75, 3.05) is 13.2 Å². The van der Waals surface area contributed by atoms with Gasteiger partial charge in [0, 0.05) is 31.7 Å². The maximum atomic E-state index is 12.9. The lowest BCUT2D eigenvalue weighted by Crippen LogP contribution is -2.37. The molecular formula is C22H24F3NO3. The molecule has 3 rings (SSSR count). The molecule has 1 fully saturated rings. The molecule has 1 amide bonds. The predicted molar refractivity (Wildman–Crippen MR) is 102 cm³/mol. The average Bonchev–Trinajstić information content (AvgIpc) is 3.20. The van der Waals surface area contributed by atoms with Gasteiger partial charge in [0.15, 0.2) is 0 Å². The Morgan fingerprint density at radius 2 is 1.86 bits per heavy atom. The minimum absolute atomic E-state index is 0.0316. The molecule has 1 atom stereocenters. The van der Waals surface area contributed by atoms with Crippen molar-refractivity contribution in [1.82, 2.24) is 4.90 Å². The quantitative estimate of drug-likeness (QED) is 0.733. The van der Waals surface area contributed by atoms with Gasteiger partial charge in [-0.05, 0) is 43.0 Å². The standard InChI is InChI=1S/C22H24F3NO3/c23-22(24,25)18-10-7-16(8-11-18)9-12-21(28)26(15-19-5-3-13-29-19)14-17-4-1-2-6-20(17)27/h1-2,4,6-8,10-11,19,27H,3,5,9,12-15H2. The minimum Gasteiger partial charge on any atom is -0.508 e. The fourth-order valence-corrected chi connectivity index (χ4v) is 3.41. The number of ether oxygens (including phenoxy) is 1. The molecule has 0 spiro atoms. The Kier molecular flexibility index (Phi) is 6.79. The largest absolute Gasteiger partial charge is 0.508 e. The molecule has 7 heteroatoms. The second-order valence-electron chi connectivity index (χ2n) is 7.23. The zero-order chi connectivity index (χ0) is 20.9. The minimum atomic E-state index is -4.37. The van der Waals surface area contributed by atoms with Crippen molar-refractivity contribution in [3.63, 3.8) is 0 Å². The van der Waals surface area contributed by atoms with Crippen molar-refractivity contribution in [1.29, 1.82) is 0 Å². The smallest absolute Gasteiger partial charge is 0.416 e. The Hall–Kier alpha value is -2.54. The molecule has 0 radical (unpaired) electrons. The highest BCUT2D eigenvalue weighted by molar-refractivity contribution is 5.76. The van der Waals surface area contributed by atoms with E-state index in [1.807, 2.05) is 0 Å². The summed E-state index contributed by atoms with van der Waals surface area (Å²) in [6.45, 7) is 1.37. The summed E-state index contributed by atoms with van der Waals surface area (Å²) in [5, 5.41) is 10.0. The Balaban J connectivity index is 1.64. The highest BCUT2D eigenvalue weighted by atomic mass is 19.4. The SMILES string of the molecule is O=C(CCc1ccc(C(F)(F)F)cc1)N(Cc1ccccc1O)CC1CCCO1. The lowest BCUT2D eigenvalue weighted by Gasteiger charge is -2.26. The van der Waals surface area contributed by atoms with Gasteiger partial charge in [0.1, 0.15) is 5.75 Å². The van der Waals surface area contributed by atoms with Crippen LogP contribution in [0.15, 0.2) is 48.5 Å². The van der Waals surface area contributed by atoms with Crippen molar-refractivity contribution >= 4 is 5.91 Å². The molecule has 1 saturated heterocycles. The number of hydrogen-bond donors (Lipinski definition) is 1. The molecule has 0 aromatic heterocycles. The molecule has 2 aromatic rings. The molecule has 1 heterocycles. The van der Waals surface area contributed by atoms with Crippen LogP contribution in [0.3, 0.4) is 0 Å². The van der Waals surface area contributed by atoms with Crippen LogP contribution in [0.1, 0.15) is 36.0 Å². The molecule has 4 nitrogen and oxygen atoms in total. The first-order valence-corrected chi connectivity index (χ1v) is 9.65. The van der Waals surface area contributed by atoms with Crippen molar-refractivity contribution in [2.24, 2.45) is 0 Å². The van der Waals surface area contributed by atoms with Crippen LogP contribution < -0.4 is 0 Å². The lowest BCUT2D eigenvalue weighted by molar-refractivity contribution is -0.137. The third-order valence-electron chi connectivity index (χ3n) is 5.06. The van der Waals surface area contributed by atoms with Gasteiger partial charge >= 0.3 is 6.18 Å². The number of para-hydroxylation sites is 1. The molecule has 29 heavy (non-hydrogen) atoms. The lowest BCUT2D eigenvalue weighted by atomic mass is 10.1. The summed E-state index contributed by atoms with van der Waals surface area (Å²) in [4.78, 5) is 14.5. The molecule has 0 bridgehead atoms. The number of halogens is 3. The van der Waals surface area contributed by atoms with Crippen LogP contribution in [0.4, 0.5) is 13.2 Å². The zero-order valence-corrected chi connectivity index (χ0v) is 16.0. The van der Waals surface area contributed by atoms with Gasteiger partial charge in [-0.3, -0.25) is 4.79 Å². The molecule has 1 aliphatic heterocycles. The molecule has 1 aliphatic rings. The molecular weight excluding hydrogens is 383 g/mol. The Bertz CT molecular complexity index is 815. The van der Waals surface area contributed by atoms with E-state index >= 15 is 0 Å². The predicted octanol–water partition coefficient (Wildman–Crippen LogP) is 4.55. The van der Waals surface area contributed by atoms with Gasteiger partial charge in [-0.15, -0.1) is 0 Å². The van der Waals surface area contributed by atoms with E-state index in [-0.39, 0.29) is 30.7 Å². The highest BCUT2D eigenvalue weighted by Gasteiger charge is 2.30. The number of aromatic hydroxyl groups is 1. The molecule has 0 saturated carbocycles. The number of carbonyl (C=O) groups is 1. The van der Waals surface area contributed by atoms with Gasteiger partial charge in [0.2, 0.25) is 5.91 Å². The zero-order valence-electron chi connectivity index (χ0n) is 16.0. The number of benzene rings is 2. The number of phenolic OH excluding ortho intramolecular Hbond substituents is 1. The van der Waals surface area contributed by atoms with E-state index in [1.165, 1.54) is 12.1 Å². The molecule has 1 unspecified atom stereocenters. The first-order valence-electron chi connectivity index (χ1n) is 9.65. The number of hydrogen-bond acceptors (Lipinski definition) is 3. The Morgan fingerprint density at radius 3 is 2.48 bits per heavy atom. The fourth-order valence-electron chi connectivity index (χ4n) is 3.41. The average molecular weight is 407 g/mol. The maximum absolute atomic E-state index is 12.9. The summed E-state index contributed by atoms with van der Waals surface area (Å²) in [7, 11) is 0. The van der Waals surface area contributed by atoms with Crippen LogP contribution in [0.5, 0.6) is 5.75 Å². The van der Waals surface area contributed by atoms with Crippen molar-refractivity contribution in [3.8, 4) is 5.75 Å². The topological polar surface area (TPSA) is 49.8 Å². The Morgan fingerprint density at radius 1 is 1.14 bits per heavy atom. The number of carbonyl (C=O) groups excluding carboxylic acids is 1. The van der Waals surface area contributed by atoms with Gasteiger partial charge in [-0.2, -0.15) is 13.2 Å². The fraction of sp³-hybridized carbons (Fsp3) is 0.409. The summed E-state index contributed by atoms with van der Waals surface area (Å²) >= 11 is 0. The van der Waals surface area contributed by atoms with E-state index in [0.29, 0.717) is 30.7 Å². The summed E-state index contributed by atoms with van der Waals surface area (Å²) < 4.78 is 43.7. The highest BCUT2D eigenvalue weighted by Crippen LogP contribution is 2.29. The maximum Gasteiger partial charge on any atom is 0.416 e. The third kappa shape index (κ3) is 5.97. The first-order chi connectivity index (χ1) is 13.8. The van der Waals surface area contributed by atoms with Crippen molar-refractivity contribution in [3.05, 3.63) is 65.2 Å². The second kappa shape index (κ2) is 9.31. The number of phenols is 1. The van der Waals surface area contributed by atoms with Crippen LogP contribution in [0.2, 0.25) is 0 Å². The van der Waals surface area contributed by atoms with Crippen molar-refractivity contribution < 1.29 is 27.8 Å². The van der Waals surface area contributed by atoms with Crippen LogP contribution >= 0.6 is 0 Å². The number of aryl methyl sites for hydroxylation is 1. The van der Waals surface area contributed by atoms with E-state index in [2.05, 4.69) is 0 Å². The summed E-state index contributed by atoms with van der Waals surface area (Å²) in [5.74, 6) is 0.00373. The van der Waals surface area contributed by atoms with E-state index in [0.717, 1.165) is 25.0 Å². The van der Waals surface area contributed by atoms with E-state index in [1.54, 1.807) is 29.2 Å². The first kappa shape index (κ1) is 21.2. The van der Waals surface area contributed by atoms with E-state index < -0.39 is 11.7 Å². The van der Waals surface area contributed by atoms with E-state index in [4.69, 9.17) is 4.74 Å². The number of nitrogens with zero attached hydrogens (tertiary/aromatic N) is 1. The summed E-state index contributed by atoms with van der Waals surface area (Å²) in [6.07, 6.45) is -2.05. The third-order valence-corrected chi connectivity index (χ3v) is 5.06. The normalized spacial score (nSPS) is 16.7. The number of rotatable bonds is 7. The Labute approximate surface area is 167 Å². The van der Waals surface area contributed by atoms with Gasteiger partial charge in [-0.25, -0.2) is 0 Å². The van der Waals surface area contributed by atoms with E-state index in [9.17, 15) is 23.1 Å². The molecule has 2 aromatic carbocycles. The molecule has 0 aliphatic carbocycles. The van der Waals surface area contributed by atoms with Crippen LogP contribution in [0.25, 0.3) is 0 Å². The number of alkyl halides is 3. The molecule has 1 N–H and O–H groups in total. The van der Waals surface area contributed by atoms with Gasteiger partial charge < -0.3 is 14.7 Å². The summed E-state index contributed by atoms with van der Waals surface area (Å²) in [6, 6.07) is 11.7. The van der Waals surface area contributed by atoms with Crippen LogP contribution in [0, 0.1) is 0 Å². The van der Waals surface area contributed by atoms with Crippen LogP contribution in [-0.4, -0.2) is 35.2 Å². The number of amides is 1. The second-order valence-corrected chi connectivity index (χ2v) is 7.23. The van der Waals surface area contributed by atoms with Gasteiger partial charge in [0.05, 0.1) is 11.7 Å². The van der Waals surface area contributed by atoms with Crippen molar-refractivity contribution in [2.45, 2.75) is 44.5 Å². The van der Waals surface area contributed by atoms with Gasteiger partial charge in [0.25, 0.3) is 0 Å². The summed E-state index contributed by atoms with van der Waals surface area (Å²) in [5.41, 5.74) is 0.617. The monoisotopic (exact) mass is 407 g/mol. The van der Waals surface area contributed by atoms with Crippen LogP contribution in [-0.2, 0) is 28.7 Å². The molecule has 156 valence electrons. The van der Waals surface area contributed by atoms with Gasteiger partial charge in [-0.1, -0.05) is 30.3 Å².